The van der Waals surface area contributed by atoms with Crippen LogP contribution in [0, 0.1) is 21.3 Å². The Morgan fingerprint density at radius 3 is 2.40 bits per heavy atom. The molecule has 3 fully saturated rings. The van der Waals surface area contributed by atoms with Crippen LogP contribution in [0.4, 0.5) is 5.69 Å². The Bertz CT molecular complexity index is 1520. The first-order chi connectivity index (χ1) is 19.0. The number of fused-ring (bicyclic) bond motifs is 4. The molecule has 208 valence electrons. The number of nitrogens with zero attached hydrogens (tertiary/aromatic N) is 2. The van der Waals surface area contributed by atoms with Crippen LogP contribution in [-0.2, 0) is 19.2 Å². The minimum absolute atomic E-state index is 0.125. The molecule has 40 heavy (non-hydrogen) atoms. The van der Waals surface area contributed by atoms with Crippen LogP contribution in [0.5, 0.6) is 11.5 Å². The Kier molecular flexibility index (Phi) is 6.79. The number of alkyl halides is 3. The van der Waals surface area contributed by atoms with Crippen LogP contribution in [-0.4, -0.2) is 55.9 Å². The summed E-state index contributed by atoms with van der Waals surface area (Å²) in [5.74, 6) is -5.44. The van der Waals surface area contributed by atoms with Crippen LogP contribution in [0.3, 0.4) is 0 Å². The molecule has 6 atom stereocenters. The molecule has 2 aliphatic heterocycles. The molecule has 12 heteroatoms. The molecule has 8 nitrogen and oxygen atoms in total. The van der Waals surface area contributed by atoms with Gasteiger partial charge in [-0.3, -0.25) is 29.0 Å². The topological polar surface area (TPSA) is 104 Å². The number of rotatable bonds is 4. The lowest BCUT2D eigenvalue weighted by atomic mass is 9.56. The largest absolute Gasteiger partial charge is 0.504 e. The highest BCUT2D eigenvalue weighted by Crippen LogP contribution is 2.66. The summed E-state index contributed by atoms with van der Waals surface area (Å²) in [6.07, 6.45) is 1.93. The summed E-state index contributed by atoms with van der Waals surface area (Å²) in [5.41, 5.74) is 1.18. The number of aromatic hydroxyl groups is 1. The fraction of sp³-hybridized carbons (Fsp3) is 0.357. The van der Waals surface area contributed by atoms with Crippen LogP contribution in [0.2, 0.25) is 0 Å². The van der Waals surface area contributed by atoms with Gasteiger partial charge in [-0.2, -0.15) is 0 Å². The molecule has 2 aliphatic carbocycles. The molecule has 2 heterocycles. The predicted octanol–water partition coefficient (Wildman–Crippen LogP) is 4.92. The average Bonchev–Trinajstić information content (AvgIpc) is 3.27. The molecule has 4 amide bonds. The summed E-state index contributed by atoms with van der Waals surface area (Å²) in [7, 11) is 1.40. The molecule has 2 aromatic carbocycles. The van der Waals surface area contributed by atoms with Gasteiger partial charge in [0, 0.05) is 15.1 Å². The molecule has 1 saturated carbocycles. The fourth-order valence-electron chi connectivity index (χ4n) is 6.88. The SMILES string of the molecule is COc1cccc(C2C3=CCC4C(=O)N(c5ccc(I)cc5)C(=O)C4C3CC3(Cl)C(=O)N(CBr)C(=O)C23Cl)c1O. The van der Waals surface area contributed by atoms with Crippen molar-refractivity contribution in [1.29, 1.82) is 0 Å². The van der Waals surface area contributed by atoms with Gasteiger partial charge in [0.2, 0.25) is 11.8 Å². The van der Waals surface area contributed by atoms with Gasteiger partial charge in [0.15, 0.2) is 21.2 Å². The number of likely N-dealkylation sites (tertiary alicyclic amines) is 1. The molecular weight excluding hydrogens is 738 g/mol. The normalized spacial score (nSPS) is 33.1. The van der Waals surface area contributed by atoms with Crippen molar-refractivity contribution in [2.45, 2.75) is 28.5 Å². The zero-order valence-corrected chi connectivity index (χ0v) is 26.2. The number of phenolic OH excluding ortho intramolecular Hbond substituents is 1. The molecule has 2 saturated heterocycles. The van der Waals surface area contributed by atoms with Gasteiger partial charge in [-0.1, -0.05) is 39.7 Å². The first-order valence-electron chi connectivity index (χ1n) is 12.5. The summed E-state index contributed by atoms with van der Waals surface area (Å²) in [5, 5.41) is 11.2. The molecule has 1 N–H and O–H groups in total. The van der Waals surface area contributed by atoms with E-state index in [1.807, 2.05) is 18.2 Å². The number of carbonyl (C=O) groups excluding carboxylic acids is 4. The molecule has 0 radical (unpaired) electrons. The third kappa shape index (κ3) is 3.54. The Labute approximate surface area is 261 Å². The summed E-state index contributed by atoms with van der Waals surface area (Å²) >= 11 is 19.8. The second kappa shape index (κ2) is 9.71. The van der Waals surface area contributed by atoms with Gasteiger partial charge in [0.1, 0.15) is 0 Å². The lowest BCUT2D eigenvalue weighted by molar-refractivity contribution is -0.138. The second-order valence-electron chi connectivity index (χ2n) is 10.4. The van der Waals surface area contributed by atoms with Crippen molar-refractivity contribution in [1.82, 2.24) is 4.90 Å². The molecule has 0 bridgehead atoms. The number of hydrogen-bond acceptors (Lipinski definition) is 6. The van der Waals surface area contributed by atoms with E-state index < -0.39 is 51.1 Å². The maximum atomic E-state index is 14.0. The van der Waals surface area contributed by atoms with E-state index in [-0.39, 0.29) is 41.3 Å². The Hall–Kier alpha value is -2.15. The monoisotopic (exact) mass is 758 g/mol. The van der Waals surface area contributed by atoms with Crippen LogP contribution >= 0.6 is 61.7 Å². The summed E-state index contributed by atoms with van der Waals surface area (Å²) in [6, 6.07) is 11.9. The maximum absolute atomic E-state index is 14.0. The molecule has 6 unspecified atom stereocenters. The average molecular weight is 760 g/mol. The van der Waals surface area contributed by atoms with Crippen LogP contribution < -0.4 is 9.64 Å². The number of hydrogen-bond donors (Lipinski definition) is 1. The van der Waals surface area contributed by atoms with Gasteiger partial charge in [0.05, 0.1) is 30.1 Å². The van der Waals surface area contributed by atoms with E-state index in [4.69, 9.17) is 27.9 Å². The zero-order chi connectivity index (χ0) is 28.7. The number of ether oxygens (including phenoxy) is 1. The van der Waals surface area contributed by atoms with Gasteiger partial charge in [-0.15, -0.1) is 23.2 Å². The highest BCUT2D eigenvalue weighted by atomic mass is 127. The highest BCUT2D eigenvalue weighted by Gasteiger charge is 2.76. The van der Waals surface area contributed by atoms with Gasteiger partial charge in [-0.25, -0.2) is 0 Å². The highest BCUT2D eigenvalue weighted by molar-refractivity contribution is 14.1. The van der Waals surface area contributed by atoms with E-state index in [0.29, 0.717) is 11.3 Å². The number of imide groups is 2. The van der Waals surface area contributed by atoms with Crippen molar-refractivity contribution in [2.75, 3.05) is 17.5 Å². The first-order valence-corrected chi connectivity index (χ1v) is 15.5. The van der Waals surface area contributed by atoms with Crippen LogP contribution in [0.1, 0.15) is 24.3 Å². The van der Waals surface area contributed by atoms with E-state index in [9.17, 15) is 24.3 Å². The van der Waals surface area contributed by atoms with E-state index in [2.05, 4.69) is 38.5 Å². The molecule has 0 spiro atoms. The molecular formula is C28H22BrCl2IN2O6. The number of halogens is 4. The first kappa shape index (κ1) is 28.0. The minimum atomic E-state index is -2.00. The van der Waals surface area contributed by atoms with Crippen molar-refractivity contribution in [2.24, 2.45) is 17.8 Å². The molecule has 4 aliphatic rings. The van der Waals surface area contributed by atoms with E-state index in [1.165, 1.54) is 12.0 Å². The van der Waals surface area contributed by atoms with E-state index >= 15 is 0 Å². The van der Waals surface area contributed by atoms with Gasteiger partial charge in [0.25, 0.3) is 11.8 Å². The number of methoxy groups -OCH3 is 1. The number of anilines is 1. The third-order valence-electron chi connectivity index (χ3n) is 8.66. The van der Waals surface area contributed by atoms with E-state index in [0.717, 1.165) is 8.47 Å². The lowest BCUT2D eigenvalue weighted by Crippen LogP contribution is -2.60. The second-order valence-corrected chi connectivity index (χ2v) is 13.4. The Morgan fingerprint density at radius 1 is 1.05 bits per heavy atom. The smallest absolute Gasteiger partial charge is 0.254 e. The maximum Gasteiger partial charge on any atom is 0.254 e. The van der Waals surface area contributed by atoms with Crippen LogP contribution in [0.15, 0.2) is 54.1 Å². The van der Waals surface area contributed by atoms with Gasteiger partial charge >= 0.3 is 0 Å². The summed E-state index contributed by atoms with van der Waals surface area (Å²) in [4.78, 5) is 53.4. The van der Waals surface area contributed by atoms with Crippen molar-refractivity contribution < 1.29 is 29.0 Å². The van der Waals surface area contributed by atoms with E-state index in [1.54, 1.807) is 30.3 Å². The summed E-state index contributed by atoms with van der Waals surface area (Å²) in [6.45, 7) is 0. The Balaban J connectivity index is 1.54. The number of para-hydroxylation sites is 1. The quantitative estimate of drug-likeness (QED) is 0.156. The number of amides is 4. The van der Waals surface area contributed by atoms with Crippen molar-refractivity contribution in [3.63, 3.8) is 0 Å². The number of carbonyl (C=O) groups is 4. The number of allylic oxidation sites excluding steroid dienone is 2. The molecule has 0 aromatic heterocycles. The van der Waals surface area contributed by atoms with Crippen molar-refractivity contribution >= 4 is 91.0 Å². The molecule has 2 aromatic rings. The minimum Gasteiger partial charge on any atom is -0.504 e. The summed E-state index contributed by atoms with van der Waals surface area (Å²) < 4.78 is 6.28. The lowest BCUT2D eigenvalue weighted by Gasteiger charge is -2.50. The number of benzene rings is 2. The third-order valence-corrected chi connectivity index (χ3v) is 11.3. The zero-order valence-electron chi connectivity index (χ0n) is 20.9. The standard InChI is InChI=1S/C28H22BrCl2IN2O6/c1-40-19-4-2-3-17(22(19)35)21-15-9-10-16-20(24(37)34(23(16)36)14-7-5-13(32)6-8-14)18(15)11-27(30)25(38)33(12-29)26(39)28(21,27)31/h2-9,16,18,20-21,35H,10-12H2,1H3. The fourth-order valence-corrected chi connectivity index (χ4v) is 8.66. The van der Waals surface area contributed by atoms with Gasteiger partial charge in [-0.05, 0) is 71.7 Å². The van der Waals surface area contributed by atoms with Crippen molar-refractivity contribution in [3.05, 3.63) is 63.2 Å². The van der Waals surface area contributed by atoms with Crippen LogP contribution in [0.25, 0.3) is 0 Å². The Morgan fingerprint density at radius 2 is 1.75 bits per heavy atom. The van der Waals surface area contributed by atoms with Gasteiger partial charge < -0.3 is 9.84 Å². The number of phenols is 1. The molecule has 6 rings (SSSR count). The van der Waals surface area contributed by atoms with Crippen molar-refractivity contribution in [3.8, 4) is 11.5 Å². The predicted molar refractivity (Wildman–Crippen MR) is 160 cm³/mol.